The molecule has 0 unspecified atom stereocenters. The Morgan fingerprint density at radius 1 is 1.15 bits per heavy atom. The molecule has 3 rings (SSSR count). The predicted octanol–water partition coefficient (Wildman–Crippen LogP) is 6.86. The maximum absolute atomic E-state index is 12.7. The number of nitrogens with one attached hydrogen (secondary N) is 1. The number of nitrogens with zero attached hydrogens (tertiary/aromatic N) is 1. The van der Waals surface area contributed by atoms with Gasteiger partial charge in [0.1, 0.15) is 18.2 Å². The summed E-state index contributed by atoms with van der Waals surface area (Å²) in [7, 11) is 1.53. The smallest absolute Gasteiger partial charge is 0.266 e. The maximum Gasteiger partial charge on any atom is 0.266 e. The highest BCUT2D eigenvalue weighted by Crippen LogP contribution is 2.35. The lowest BCUT2D eigenvalue weighted by molar-refractivity contribution is -0.112. The first-order valence-corrected chi connectivity index (χ1v) is 11.1. The monoisotopic (exact) mass is 492 g/mol. The number of para-hydroxylation sites is 1. The van der Waals surface area contributed by atoms with Gasteiger partial charge in [-0.1, -0.05) is 53.5 Å². The lowest BCUT2D eigenvalue weighted by Gasteiger charge is -2.16. The number of carbonyl (C=O) groups is 1. The van der Waals surface area contributed by atoms with Crippen LogP contribution in [0.3, 0.4) is 0 Å². The molecule has 1 N–H and O–H groups in total. The van der Waals surface area contributed by atoms with Gasteiger partial charge in [0.2, 0.25) is 0 Å². The number of hydrogen-bond donors (Lipinski definition) is 1. The molecule has 0 radical (unpaired) electrons. The quantitative estimate of drug-likeness (QED) is 0.201. The molecule has 0 spiro atoms. The minimum absolute atomic E-state index is 0.0841. The summed E-state index contributed by atoms with van der Waals surface area (Å²) in [6, 6.07) is 19.7. The van der Waals surface area contributed by atoms with Crippen LogP contribution in [0, 0.1) is 11.3 Å². The number of hydrogen-bond acceptors (Lipinski definition) is 4. The van der Waals surface area contributed by atoms with E-state index in [-0.39, 0.29) is 5.57 Å². The van der Waals surface area contributed by atoms with Crippen molar-refractivity contribution in [2.75, 3.05) is 12.4 Å². The van der Waals surface area contributed by atoms with Gasteiger partial charge in [-0.2, -0.15) is 5.26 Å². The zero-order valence-corrected chi connectivity index (χ0v) is 20.0. The molecule has 0 aliphatic carbocycles. The lowest BCUT2D eigenvalue weighted by atomic mass is 10.0. The molecule has 0 aliphatic rings. The summed E-state index contributed by atoms with van der Waals surface area (Å²) in [5.74, 6) is 0.455. The maximum atomic E-state index is 12.7. The lowest BCUT2D eigenvalue weighted by Crippen LogP contribution is -2.13. The van der Waals surface area contributed by atoms with Crippen LogP contribution in [-0.2, 0) is 17.8 Å². The van der Waals surface area contributed by atoms with Crippen molar-refractivity contribution in [3.63, 3.8) is 0 Å². The number of rotatable bonds is 9. The van der Waals surface area contributed by atoms with Gasteiger partial charge in [0.15, 0.2) is 11.5 Å². The fraction of sp³-hybridized carbons (Fsp3) is 0.111. The van der Waals surface area contributed by atoms with Crippen LogP contribution in [0.2, 0.25) is 10.0 Å². The number of nitriles is 1. The molecule has 0 bridgehead atoms. The number of ether oxygens (including phenoxy) is 2. The second-order valence-electron chi connectivity index (χ2n) is 7.23. The summed E-state index contributed by atoms with van der Waals surface area (Å²) in [5, 5.41) is 13.3. The summed E-state index contributed by atoms with van der Waals surface area (Å²) in [6.07, 6.45) is 3.72. The largest absolute Gasteiger partial charge is 0.493 e. The highest BCUT2D eigenvalue weighted by Gasteiger charge is 2.15. The molecule has 0 aromatic heterocycles. The van der Waals surface area contributed by atoms with Crippen LogP contribution in [0.15, 0.2) is 78.9 Å². The van der Waals surface area contributed by atoms with E-state index in [1.54, 1.807) is 42.5 Å². The van der Waals surface area contributed by atoms with E-state index in [1.165, 1.54) is 13.2 Å². The number of methoxy groups -OCH3 is 1. The molecule has 34 heavy (non-hydrogen) atoms. The van der Waals surface area contributed by atoms with Crippen molar-refractivity contribution in [2.24, 2.45) is 0 Å². The van der Waals surface area contributed by atoms with Gasteiger partial charge in [0, 0.05) is 10.6 Å². The Kier molecular flexibility index (Phi) is 8.75. The van der Waals surface area contributed by atoms with E-state index in [0.29, 0.717) is 45.8 Å². The van der Waals surface area contributed by atoms with Gasteiger partial charge in [0.25, 0.3) is 5.91 Å². The molecule has 0 fully saturated rings. The number of halogens is 2. The van der Waals surface area contributed by atoms with Gasteiger partial charge >= 0.3 is 0 Å². The van der Waals surface area contributed by atoms with Crippen LogP contribution in [0.1, 0.15) is 16.7 Å². The molecule has 3 aromatic carbocycles. The highest BCUT2D eigenvalue weighted by molar-refractivity contribution is 6.34. The Bertz CT molecular complexity index is 1280. The first-order valence-electron chi connectivity index (χ1n) is 10.3. The van der Waals surface area contributed by atoms with E-state index >= 15 is 0 Å². The first kappa shape index (κ1) is 24.9. The summed E-state index contributed by atoms with van der Waals surface area (Å²) in [6.45, 7) is 4.11. The Morgan fingerprint density at radius 3 is 2.62 bits per heavy atom. The third kappa shape index (κ3) is 6.41. The van der Waals surface area contributed by atoms with Crippen LogP contribution in [-0.4, -0.2) is 13.0 Å². The van der Waals surface area contributed by atoms with E-state index < -0.39 is 5.91 Å². The standard InChI is InChI=1S/C27H22Cl2N2O3/c1-3-7-20-12-19(13-21(16-30)27(32)31-24-11-5-4-10-23(24)29)15-25(33-2)26(20)34-17-18-8-6-9-22(28)14-18/h3-6,8-15H,1,7,17H2,2H3,(H,31,32)/b21-13+. The van der Waals surface area contributed by atoms with Crippen molar-refractivity contribution in [3.05, 3.63) is 106 Å². The van der Waals surface area contributed by atoms with Gasteiger partial charge in [-0.25, -0.2) is 0 Å². The summed E-state index contributed by atoms with van der Waals surface area (Å²) >= 11 is 12.2. The van der Waals surface area contributed by atoms with Crippen molar-refractivity contribution >= 4 is 40.9 Å². The van der Waals surface area contributed by atoms with Crippen LogP contribution in [0.4, 0.5) is 5.69 Å². The summed E-state index contributed by atoms with van der Waals surface area (Å²) in [5.41, 5.74) is 2.65. The molecular formula is C27H22Cl2N2O3. The van der Waals surface area contributed by atoms with Crippen molar-refractivity contribution in [1.29, 1.82) is 5.26 Å². The number of benzene rings is 3. The zero-order valence-electron chi connectivity index (χ0n) is 18.5. The minimum Gasteiger partial charge on any atom is -0.493 e. The molecule has 172 valence electrons. The minimum atomic E-state index is -0.568. The van der Waals surface area contributed by atoms with Gasteiger partial charge in [-0.05, 0) is 60.0 Å². The number of amides is 1. The van der Waals surface area contributed by atoms with Gasteiger partial charge in [-0.3, -0.25) is 4.79 Å². The van der Waals surface area contributed by atoms with Crippen molar-refractivity contribution in [3.8, 4) is 17.6 Å². The molecule has 0 heterocycles. The summed E-state index contributed by atoms with van der Waals surface area (Å²) in [4.78, 5) is 12.7. The average Bonchev–Trinajstić information content (AvgIpc) is 2.83. The number of allylic oxidation sites excluding steroid dienone is 1. The third-order valence-electron chi connectivity index (χ3n) is 4.81. The topological polar surface area (TPSA) is 71.4 Å². The molecule has 3 aromatic rings. The van der Waals surface area contributed by atoms with E-state index in [4.69, 9.17) is 32.7 Å². The molecule has 1 amide bonds. The van der Waals surface area contributed by atoms with Gasteiger partial charge in [0.05, 0.1) is 17.8 Å². The molecule has 5 nitrogen and oxygen atoms in total. The predicted molar refractivity (Wildman–Crippen MR) is 136 cm³/mol. The van der Waals surface area contributed by atoms with E-state index in [9.17, 15) is 10.1 Å². The van der Waals surface area contributed by atoms with Gasteiger partial charge in [-0.15, -0.1) is 6.58 Å². The Balaban J connectivity index is 1.91. The van der Waals surface area contributed by atoms with E-state index in [0.717, 1.165) is 11.1 Å². The normalized spacial score (nSPS) is 10.8. The zero-order chi connectivity index (χ0) is 24.5. The Hall–Kier alpha value is -3.72. The molecule has 7 heteroatoms. The average molecular weight is 493 g/mol. The van der Waals surface area contributed by atoms with Crippen molar-refractivity contribution in [2.45, 2.75) is 13.0 Å². The van der Waals surface area contributed by atoms with E-state index in [2.05, 4.69) is 11.9 Å². The third-order valence-corrected chi connectivity index (χ3v) is 5.37. The summed E-state index contributed by atoms with van der Waals surface area (Å²) < 4.78 is 11.6. The van der Waals surface area contributed by atoms with Crippen LogP contribution >= 0.6 is 23.2 Å². The Labute approximate surface area is 208 Å². The number of carbonyl (C=O) groups excluding carboxylic acids is 1. The fourth-order valence-electron chi connectivity index (χ4n) is 3.24. The molecule has 0 atom stereocenters. The Morgan fingerprint density at radius 2 is 1.94 bits per heavy atom. The first-order chi connectivity index (χ1) is 16.4. The second kappa shape index (κ2) is 11.9. The second-order valence-corrected chi connectivity index (χ2v) is 8.07. The van der Waals surface area contributed by atoms with Crippen molar-refractivity contribution in [1.82, 2.24) is 0 Å². The number of anilines is 1. The van der Waals surface area contributed by atoms with Crippen LogP contribution in [0.5, 0.6) is 11.5 Å². The van der Waals surface area contributed by atoms with E-state index in [1.807, 2.05) is 30.3 Å². The molecule has 0 saturated carbocycles. The highest BCUT2D eigenvalue weighted by atomic mass is 35.5. The molecule has 0 aliphatic heterocycles. The van der Waals surface area contributed by atoms with Crippen LogP contribution < -0.4 is 14.8 Å². The molecule has 0 saturated heterocycles. The van der Waals surface area contributed by atoms with Crippen molar-refractivity contribution < 1.29 is 14.3 Å². The van der Waals surface area contributed by atoms with Crippen LogP contribution in [0.25, 0.3) is 6.08 Å². The van der Waals surface area contributed by atoms with Gasteiger partial charge < -0.3 is 14.8 Å². The SMILES string of the molecule is C=CCc1cc(/C=C(\C#N)C(=O)Nc2ccccc2Cl)cc(OC)c1OCc1cccc(Cl)c1. The molecular weight excluding hydrogens is 471 g/mol. The fourth-order valence-corrected chi connectivity index (χ4v) is 3.64.